The minimum absolute atomic E-state index is 0.0541. The van der Waals surface area contributed by atoms with E-state index in [2.05, 4.69) is 20.5 Å². The smallest absolute Gasteiger partial charge is 0.272 e. The van der Waals surface area contributed by atoms with Crippen molar-refractivity contribution in [1.29, 1.82) is 0 Å². The van der Waals surface area contributed by atoms with Crippen LogP contribution in [0.25, 0.3) is 22.0 Å². The van der Waals surface area contributed by atoms with Gasteiger partial charge in [-0.25, -0.2) is 8.78 Å². The number of carbonyl (C=O) groups excluding carboxylic acids is 1. The molecule has 3 rings (SSSR count). The van der Waals surface area contributed by atoms with Gasteiger partial charge in [0, 0.05) is 34.8 Å². The summed E-state index contributed by atoms with van der Waals surface area (Å²) in [5, 5.41) is 9.78. The minimum Gasteiger partial charge on any atom is -0.348 e. The molecular formula is C16H14F2N4O. The molecule has 0 saturated carbocycles. The normalized spacial score (nSPS) is 11.2. The molecule has 0 atom stereocenters. The first-order chi connectivity index (χ1) is 11.0. The van der Waals surface area contributed by atoms with E-state index in [1.165, 1.54) is 24.4 Å². The Balaban J connectivity index is 2.14. The van der Waals surface area contributed by atoms with Crippen LogP contribution in [0.1, 0.15) is 24.3 Å². The highest BCUT2D eigenvalue weighted by atomic mass is 19.1. The van der Waals surface area contributed by atoms with E-state index in [-0.39, 0.29) is 23.2 Å². The molecule has 0 bridgehead atoms. The molecule has 23 heavy (non-hydrogen) atoms. The number of hydrogen-bond donors (Lipinski definition) is 2. The lowest BCUT2D eigenvalue weighted by atomic mass is 10.0. The molecule has 0 aliphatic rings. The largest absolute Gasteiger partial charge is 0.348 e. The van der Waals surface area contributed by atoms with Gasteiger partial charge >= 0.3 is 0 Å². The fourth-order valence-corrected chi connectivity index (χ4v) is 2.32. The van der Waals surface area contributed by atoms with Crippen molar-refractivity contribution < 1.29 is 13.6 Å². The van der Waals surface area contributed by atoms with Crippen LogP contribution < -0.4 is 5.32 Å². The number of benzene rings is 1. The van der Waals surface area contributed by atoms with Crippen molar-refractivity contribution in [3.05, 3.63) is 47.9 Å². The van der Waals surface area contributed by atoms with Crippen molar-refractivity contribution in [3.63, 3.8) is 0 Å². The summed E-state index contributed by atoms with van der Waals surface area (Å²) in [6.45, 7) is 3.66. The van der Waals surface area contributed by atoms with E-state index in [1.54, 1.807) is 0 Å². The number of amides is 1. The summed E-state index contributed by atoms with van der Waals surface area (Å²) in [6.07, 6.45) is 2.40. The second-order valence-corrected chi connectivity index (χ2v) is 5.47. The second-order valence-electron chi connectivity index (χ2n) is 5.47. The molecule has 5 nitrogen and oxygen atoms in total. The minimum atomic E-state index is -0.563. The number of aromatic nitrogens is 3. The summed E-state index contributed by atoms with van der Waals surface area (Å²) < 4.78 is 27.6. The van der Waals surface area contributed by atoms with Crippen LogP contribution in [-0.2, 0) is 0 Å². The van der Waals surface area contributed by atoms with Crippen molar-refractivity contribution in [2.45, 2.75) is 19.9 Å². The highest BCUT2D eigenvalue weighted by Gasteiger charge is 2.18. The summed E-state index contributed by atoms with van der Waals surface area (Å²) in [5.41, 5.74) is 1.01. The van der Waals surface area contributed by atoms with E-state index < -0.39 is 11.6 Å². The van der Waals surface area contributed by atoms with Gasteiger partial charge in [0.1, 0.15) is 11.6 Å². The van der Waals surface area contributed by atoms with Gasteiger partial charge in [0.15, 0.2) is 5.69 Å². The van der Waals surface area contributed by atoms with Gasteiger partial charge in [-0.1, -0.05) is 0 Å². The highest BCUT2D eigenvalue weighted by Crippen LogP contribution is 2.28. The van der Waals surface area contributed by atoms with Crippen LogP contribution >= 0.6 is 0 Å². The monoisotopic (exact) mass is 316 g/mol. The maximum absolute atomic E-state index is 14.3. The third kappa shape index (κ3) is 2.90. The molecule has 0 aliphatic heterocycles. The first-order valence-electron chi connectivity index (χ1n) is 7.05. The Labute approximate surface area is 130 Å². The predicted octanol–water partition coefficient (Wildman–Crippen LogP) is 3.04. The van der Waals surface area contributed by atoms with Crippen LogP contribution in [0.2, 0.25) is 0 Å². The molecular weight excluding hydrogens is 302 g/mol. The van der Waals surface area contributed by atoms with E-state index in [9.17, 15) is 13.6 Å². The SMILES string of the molecule is CC(C)NC(=O)c1n[nH]c2cc(F)c(-c3cncc(F)c3)cc12. The molecule has 2 heterocycles. The first kappa shape index (κ1) is 15.1. The number of rotatable bonds is 3. The maximum Gasteiger partial charge on any atom is 0.272 e. The Morgan fingerprint density at radius 1 is 1.22 bits per heavy atom. The van der Waals surface area contributed by atoms with E-state index in [1.807, 2.05) is 13.8 Å². The summed E-state index contributed by atoms with van der Waals surface area (Å²) >= 11 is 0. The number of carbonyl (C=O) groups is 1. The summed E-state index contributed by atoms with van der Waals surface area (Å²) in [4.78, 5) is 15.9. The number of H-pyrrole nitrogens is 1. The topological polar surface area (TPSA) is 70.7 Å². The molecule has 7 heteroatoms. The van der Waals surface area contributed by atoms with Crippen LogP contribution in [0, 0.1) is 11.6 Å². The number of nitrogens with one attached hydrogen (secondary N) is 2. The average Bonchev–Trinajstić information content (AvgIpc) is 2.88. The van der Waals surface area contributed by atoms with Gasteiger partial charge in [0.2, 0.25) is 0 Å². The molecule has 2 N–H and O–H groups in total. The van der Waals surface area contributed by atoms with Crippen molar-refractivity contribution in [1.82, 2.24) is 20.5 Å². The number of hydrogen-bond acceptors (Lipinski definition) is 3. The van der Waals surface area contributed by atoms with Crippen LogP contribution in [0.15, 0.2) is 30.6 Å². The van der Waals surface area contributed by atoms with Crippen molar-refractivity contribution in [3.8, 4) is 11.1 Å². The maximum atomic E-state index is 14.3. The van der Waals surface area contributed by atoms with Crippen LogP contribution in [0.5, 0.6) is 0 Å². The third-order valence-corrected chi connectivity index (χ3v) is 3.30. The highest BCUT2D eigenvalue weighted by molar-refractivity contribution is 6.05. The lowest BCUT2D eigenvalue weighted by molar-refractivity contribution is 0.0939. The van der Waals surface area contributed by atoms with Gasteiger partial charge < -0.3 is 5.32 Å². The number of halogens is 2. The zero-order valence-corrected chi connectivity index (χ0v) is 12.5. The number of fused-ring (bicyclic) bond motifs is 1. The Morgan fingerprint density at radius 3 is 2.70 bits per heavy atom. The van der Waals surface area contributed by atoms with Gasteiger partial charge in [0.05, 0.1) is 11.7 Å². The number of nitrogens with zero attached hydrogens (tertiary/aromatic N) is 2. The Hall–Kier alpha value is -2.83. The Morgan fingerprint density at radius 2 is 2.00 bits per heavy atom. The van der Waals surface area contributed by atoms with E-state index in [0.717, 1.165) is 6.20 Å². The van der Waals surface area contributed by atoms with Gasteiger partial charge in [-0.2, -0.15) is 5.10 Å². The molecule has 0 saturated heterocycles. The van der Waals surface area contributed by atoms with Crippen LogP contribution in [-0.4, -0.2) is 27.1 Å². The quantitative estimate of drug-likeness (QED) is 0.780. The zero-order valence-electron chi connectivity index (χ0n) is 12.5. The summed E-state index contributed by atoms with van der Waals surface area (Å²) in [7, 11) is 0. The van der Waals surface area contributed by atoms with Gasteiger partial charge in [-0.3, -0.25) is 14.9 Å². The molecule has 0 spiro atoms. The van der Waals surface area contributed by atoms with Gasteiger partial charge in [0.25, 0.3) is 5.91 Å². The molecule has 1 amide bonds. The van der Waals surface area contributed by atoms with Gasteiger partial charge in [-0.05, 0) is 26.0 Å². The number of pyridine rings is 1. The first-order valence-corrected chi connectivity index (χ1v) is 7.05. The molecule has 0 unspecified atom stereocenters. The fraction of sp³-hybridized carbons (Fsp3) is 0.188. The molecule has 0 fully saturated rings. The van der Waals surface area contributed by atoms with Crippen molar-refractivity contribution in [2.24, 2.45) is 0 Å². The molecule has 118 valence electrons. The fourth-order valence-electron chi connectivity index (χ4n) is 2.32. The molecule has 1 aromatic carbocycles. The van der Waals surface area contributed by atoms with E-state index in [4.69, 9.17) is 0 Å². The van der Waals surface area contributed by atoms with Crippen LogP contribution in [0.3, 0.4) is 0 Å². The predicted molar refractivity (Wildman–Crippen MR) is 81.8 cm³/mol. The molecule has 3 aromatic rings. The third-order valence-electron chi connectivity index (χ3n) is 3.30. The van der Waals surface area contributed by atoms with Crippen molar-refractivity contribution >= 4 is 16.8 Å². The van der Waals surface area contributed by atoms with E-state index in [0.29, 0.717) is 16.5 Å². The summed E-state index contributed by atoms with van der Waals surface area (Å²) in [6, 6.07) is 3.83. The molecule has 2 aromatic heterocycles. The lowest BCUT2D eigenvalue weighted by Gasteiger charge is -2.07. The van der Waals surface area contributed by atoms with E-state index >= 15 is 0 Å². The average molecular weight is 316 g/mol. The van der Waals surface area contributed by atoms with Crippen LogP contribution in [0.4, 0.5) is 8.78 Å². The zero-order chi connectivity index (χ0) is 16.6. The summed E-state index contributed by atoms with van der Waals surface area (Å²) in [5.74, 6) is -1.47. The van der Waals surface area contributed by atoms with Crippen molar-refractivity contribution in [2.75, 3.05) is 0 Å². The van der Waals surface area contributed by atoms with Gasteiger partial charge in [-0.15, -0.1) is 0 Å². The second kappa shape index (κ2) is 5.75. The lowest BCUT2D eigenvalue weighted by Crippen LogP contribution is -2.30. The molecule has 0 aliphatic carbocycles. The Kier molecular flexibility index (Phi) is 3.77. The number of aromatic amines is 1. The standard InChI is InChI=1S/C16H14F2N4O/c1-8(2)20-16(23)15-12-4-11(9-3-10(17)7-19-6-9)13(18)5-14(12)21-22-15/h3-8H,1-2H3,(H,20,23)(H,21,22). The Bertz CT molecular complexity index is 889. The molecule has 0 radical (unpaired) electrons.